The molecule has 1 aromatic carbocycles. The van der Waals surface area contributed by atoms with Crippen molar-refractivity contribution < 1.29 is 38.8 Å². The topological polar surface area (TPSA) is 121 Å². The summed E-state index contributed by atoms with van der Waals surface area (Å²) in [5.41, 5.74) is -5.06. The number of alkyl halides is 1. The Hall–Kier alpha value is -2.68. The zero-order valence-corrected chi connectivity index (χ0v) is 23.0. The predicted octanol–water partition coefficient (Wildman–Crippen LogP) is 3.76. The van der Waals surface area contributed by atoms with Crippen LogP contribution < -0.4 is 0 Å². The van der Waals surface area contributed by atoms with E-state index in [0.717, 1.165) is 0 Å². The molecule has 0 bridgehead atoms. The Morgan fingerprint density at radius 2 is 1.77 bits per heavy atom. The van der Waals surface area contributed by atoms with Crippen LogP contribution in [0.15, 0.2) is 54.1 Å². The third kappa shape index (κ3) is 4.06. The van der Waals surface area contributed by atoms with Crippen LogP contribution in [0.5, 0.6) is 0 Å². The van der Waals surface area contributed by atoms with Crippen molar-refractivity contribution >= 4 is 17.5 Å². The number of allylic oxidation sites excluding steroid dienone is 4. The van der Waals surface area contributed by atoms with Crippen molar-refractivity contribution in [2.24, 2.45) is 28.6 Å². The van der Waals surface area contributed by atoms with E-state index in [9.17, 15) is 24.6 Å². The van der Waals surface area contributed by atoms with E-state index in [4.69, 9.17) is 9.84 Å². The molecule has 1 aromatic rings. The monoisotopic (exact) mass is 542 g/mol. The molecule has 0 heterocycles. The summed E-state index contributed by atoms with van der Waals surface area (Å²) in [6, 6.07) is 8.33. The smallest absolute Gasteiger partial charge is 0.339 e. The van der Waals surface area contributed by atoms with Gasteiger partial charge in [0.05, 0.1) is 11.7 Å². The van der Waals surface area contributed by atoms with Gasteiger partial charge in [-0.05, 0) is 69.7 Å². The Morgan fingerprint density at radius 1 is 1.13 bits per heavy atom. The molecule has 3 fully saturated rings. The minimum absolute atomic E-state index is 0.118. The maximum atomic E-state index is 17.4. The number of carbonyl (C=O) groups excluding carboxylic acids is 3. The average Bonchev–Trinajstić information content (AvgIpc) is 3.12. The van der Waals surface area contributed by atoms with E-state index >= 15 is 4.39 Å². The number of rotatable bonds is 4. The maximum absolute atomic E-state index is 17.4. The molecule has 8 heteroatoms. The molecule has 0 aromatic heterocycles. The van der Waals surface area contributed by atoms with E-state index in [1.807, 2.05) is 0 Å². The fourth-order valence-electron chi connectivity index (χ4n) is 8.30. The zero-order valence-electron chi connectivity index (χ0n) is 23.0. The largest absolute Gasteiger partial charge is 0.446 e. The van der Waals surface area contributed by atoms with Crippen LogP contribution in [-0.2, 0) is 14.3 Å². The van der Waals surface area contributed by atoms with Crippen molar-refractivity contribution in [3.63, 3.8) is 0 Å². The van der Waals surface area contributed by atoms with Gasteiger partial charge in [-0.15, -0.1) is 0 Å². The fraction of sp³-hybridized carbons (Fsp3) is 0.581. The molecule has 0 aliphatic heterocycles. The molecule has 212 valence electrons. The Morgan fingerprint density at radius 3 is 2.38 bits per heavy atom. The van der Waals surface area contributed by atoms with E-state index in [2.05, 4.69) is 0 Å². The molecule has 0 amide bonds. The number of aliphatic hydroxyl groups is 3. The average molecular weight is 543 g/mol. The van der Waals surface area contributed by atoms with Gasteiger partial charge in [-0.25, -0.2) is 9.18 Å². The quantitative estimate of drug-likeness (QED) is 0.496. The van der Waals surface area contributed by atoms with Crippen LogP contribution in [0.4, 0.5) is 4.39 Å². The van der Waals surface area contributed by atoms with Crippen LogP contribution >= 0.6 is 0 Å². The van der Waals surface area contributed by atoms with E-state index < -0.39 is 58.4 Å². The van der Waals surface area contributed by atoms with Gasteiger partial charge in [0, 0.05) is 29.3 Å². The van der Waals surface area contributed by atoms with Gasteiger partial charge in [0.25, 0.3) is 0 Å². The number of ether oxygens (including phenoxy) is 1. The van der Waals surface area contributed by atoms with Gasteiger partial charge in [-0.1, -0.05) is 43.7 Å². The van der Waals surface area contributed by atoms with Crippen LogP contribution in [-0.4, -0.2) is 63.4 Å². The summed E-state index contributed by atoms with van der Waals surface area (Å²) >= 11 is 0. The first-order valence-electron chi connectivity index (χ1n) is 13.7. The number of benzene rings is 1. The number of halogens is 1. The molecule has 0 unspecified atom stereocenters. The van der Waals surface area contributed by atoms with Gasteiger partial charge in [-0.2, -0.15) is 0 Å². The number of fused-ring (bicyclic) bond motifs is 5. The summed E-state index contributed by atoms with van der Waals surface area (Å²) in [6.07, 6.45) is 4.16. The lowest BCUT2D eigenvalue weighted by Gasteiger charge is -2.62. The van der Waals surface area contributed by atoms with Crippen molar-refractivity contribution in [1.29, 1.82) is 0 Å². The number of hydrogen-bond acceptors (Lipinski definition) is 7. The van der Waals surface area contributed by atoms with Crippen molar-refractivity contribution in [1.82, 2.24) is 0 Å². The second kappa shape index (κ2) is 10.4. The zero-order chi connectivity index (χ0) is 28.8. The standard InChI is InChI=1S/C29H33FO6.C2H6O/c1-17-13-22-21-10-9-19-14-20(32)11-12-26(19,2)28(21,30)23(33)15-27(22,3)29(17,24(34)16-31)36-25(35)18-7-5-4-6-8-18;1-2-3/h4-8,11-12,14,17,21-23,31,33H,9-10,13,15-16H2,1-3H3;3H,2H2,1H3/t17-,21-,22-,23-,26-,27-,28-,29-;/m0./s1. The highest BCUT2D eigenvalue weighted by atomic mass is 19.1. The summed E-state index contributed by atoms with van der Waals surface area (Å²) in [6.45, 7) is 6.44. The summed E-state index contributed by atoms with van der Waals surface area (Å²) in [7, 11) is 0. The first-order chi connectivity index (χ1) is 18.4. The van der Waals surface area contributed by atoms with E-state index in [1.165, 1.54) is 12.2 Å². The number of hydrogen-bond donors (Lipinski definition) is 3. The Labute approximate surface area is 228 Å². The molecular formula is C31H39FO7. The summed E-state index contributed by atoms with van der Waals surface area (Å²) in [5.74, 6) is -3.01. The fourth-order valence-corrected chi connectivity index (χ4v) is 8.30. The molecule has 0 saturated heterocycles. The Kier molecular flexibility index (Phi) is 7.80. The van der Waals surface area contributed by atoms with Crippen molar-refractivity contribution in [3.8, 4) is 0 Å². The molecular weight excluding hydrogens is 503 g/mol. The first kappa shape index (κ1) is 29.3. The van der Waals surface area contributed by atoms with E-state index in [0.29, 0.717) is 24.8 Å². The lowest BCUT2D eigenvalue weighted by atomic mass is 9.44. The summed E-state index contributed by atoms with van der Waals surface area (Å²) in [5, 5.41) is 29.1. The maximum Gasteiger partial charge on any atom is 0.339 e. The van der Waals surface area contributed by atoms with E-state index in [-0.39, 0.29) is 30.3 Å². The van der Waals surface area contributed by atoms with Gasteiger partial charge >= 0.3 is 5.97 Å². The van der Waals surface area contributed by atoms with Crippen molar-refractivity contribution in [2.75, 3.05) is 13.2 Å². The number of ketones is 2. The van der Waals surface area contributed by atoms with Crippen LogP contribution in [0.3, 0.4) is 0 Å². The van der Waals surface area contributed by atoms with Crippen LogP contribution in [0.25, 0.3) is 0 Å². The van der Waals surface area contributed by atoms with Gasteiger partial charge in [0.15, 0.2) is 17.1 Å². The third-order valence-electron chi connectivity index (χ3n) is 10.0. The molecule has 3 N–H and O–H groups in total. The molecule has 0 spiro atoms. The van der Waals surface area contributed by atoms with Crippen molar-refractivity contribution in [2.45, 2.75) is 70.8 Å². The summed E-state index contributed by atoms with van der Waals surface area (Å²) < 4.78 is 23.4. The molecule has 39 heavy (non-hydrogen) atoms. The molecule has 5 rings (SSSR count). The summed E-state index contributed by atoms with van der Waals surface area (Å²) in [4.78, 5) is 38.8. The highest BCUT2D eigenvalue weighted by Crippen LogP contribution is 2.71. The number of carbonyl (C=O) groups is 3. The van der Waals surface area contributed by atoms with E-state index in [1.54, 1.807) is 64.1 Å². The highest BCUT2D eigenvalue weighted by molar-refractivity contribution is 6.01. The lowest BCUT2D eigenvalue weighted by Crippen LogP contribution is -2.70. The number of esters is 1. The molecule has 8 atom stereocenters. The highest BCUT2D eigenvalue weighted by Gasteiger charge is 2.77. The first-order valence-corrected chi connectivity index (χ1v) is 13.7. The lowest BCUT2D eigenvalue weighted by molar-refractivity contribution is -0.219. The number of aliphatic hydroxyl groups excluding tert-OH is 3. The van der Waals surface area contributed by atoms with Gasteiger partial charge in [0.1, 0.15) is 6.61 Å². The third-order valence-corrected chi connectivity index (χ3v) is 10.0. The van der Waals surface area contributed by atoms with Crippen molar-refractivity contribution in [3.05, 3.63) is 59.7 Å². The second-order valence-corrected chi connectivity index (χ2v) is 11.8. The predicted molar refractivity (Wildman–Crippen MR) is 142 cm³/mol. The SMILES string of the molecule is CCO.C[C@H]1C[C@H]2[C@@H]3CCC4=CC(=O)C=C[C@]4(C)[C@@]3(F)[C@@H](O)C[C@]2(C)[C@@]1(OC(=O)c1ccccc1)C(=O)CO. The molecule has 4 aliphatic carbocycles. The normalized spacial score (nSPS) is 40.3. The Balaban J connectivity index is 0.00000112. The molecule has 7 nitrogen and oxygen atoms in total. The second-order valence-electron chi connectivity index (χ2n) is 11.8. The minimum Gasteiger partial charge on any atom is -0.446 e. The molecule has 3 saturated carbocycles. The number of Topliss-reactive ketones (excluding diaryl/α,β-unsaturated/α-hetero) is 1. The Bertz CT molecular complexity index is 1190. The van der Waals surface area contributed by atoms with Gasteiger partial charge in [-0.3, -0.25) is 9.59 Å². The minimum atomic E-state index is -2.06. The van der Waals surface area contributed by atoms with Gasteiger partial charge in [0.2, 0.25) is 5.78 Å². The van der Waals surface area contributed by atoms with Gasteiger partial charge < -0.3 is 20.1 Å². The van der Waals surface area contributed by atoms with Crippen LogP contribution in [0.2, 0.25) is 0 Å². The van der Waals surface area contributed by atoms with Crippen LogP contribution in [0, 0.1) is 28.6 Å². The molecule has 4 aliphatic rings. The molecule has 0 radical (unpaired) electrons. The van der Waals surface area contributed by atoms with Crippen LogP contribution in [0.1, 0.15) is 63.7 Å².